The van der Waals surface area contributed by atoms with Gasteiger partial charge in [0.15, 0.2) is 0 Å². The molecule has 2 saturated heterocycles. The van der Waals surface area contributed by atoms with Gasteiger partial charge in [-0.05, 0) is 75.9 Å². The van der Waals surface area contributed by atoms with Gasteiger partial charge in [0.25, 0.3) is 0 Å². The lowest BCUT2D eigenvalue weighted by Crippen LogP contribution is -2.61. The van der Waals surface area contributed by atoms with Crippen LogP contribution >= 0.6 is 0 Å². The normalized spacial score (nSPS) is 30.5. The molecule has 1 aliphatic carbocycles. The van der Waals surface area contributed by atoms with Gasteiger partial charge in [-0.15, -0.1) is 0 Å². The molecular weight excluding hydrogens is 294 g/mol. The van der Waals surface area contributed by atoms with Crippen LogP contribution < -0.4 is 0 Å². The van der Waals surface area contributed by atoms with Crippen molar-refractivity contribution in [1.29, 1.82) is 0 Å². The number of piperidine rings is 2. The van der Waals surface area contributed by atoms with E-state index >= 15 is 0 Å². The molecule has 2 heteroatoms. The molecule has 2 aromatic carbocycles. The predicted octanol–water partition coefficient (Wildman–Crippen LogP) is 5.41. The van der Waals surface area contributed by atoms with Gasteiger partial charge in [-0.25, -0.2) is 0 Å². The van der Waals surface area contributed by atoms with Crippen LogP contribution in [-0.2, 0) is 5.41 Å². The zero-order chi connectivity index (χ0) is 16.5. The predicted molar refractivity (Wildman–Crippen MR) is 99.6 cm³/mol. The molecule has 3 fully saturated rings. The lowest BCUT2D eigenvalue weighted by Gasteiger charge is -2.58. The summed E-state index contributed by atoms with van der Waals surface area (Å²) in [5.41, 5.74) is 5.71. The molecule has 0 unspecified atom stereocenters. The van der Waals surface area contributed by atoms with Crippen LogP contribution in [0.1, 0.15) is 43.7 Å². The second-order valence-corrected chi connectivity index (χ2v) is 8.39. The van der Waals surface area contributed by atoms with Gasteiger partial charge in [0.1, 0.15) is 11.2 Å². The van der Waals surface area contributed by atoms with Crippen LogP contribution in [-0.4, -0.2) is 24.0 Å². The molecule has 0 N–H and O–H groups in total. The Hall–Kier alpha value is -1.80. The van der Waals surface area contributed by atoms with Crippen molar-refractivity contribution in [3.63, 3.8) is 0 Å². The number of aryl methyl sites for hydroxylation is 1. The number of hydrogen-bond donors (Lipinski definition) is 0. The lowest BCUT2D eigenvalue weighted by atomic mass is 9.59. The maximum absolute atomic E-state index is 6.08. The van der Waals surface area contributed by atoms with Crippen molar-refractivity contribution < 1.29 is 4.42 Å². The third-order valence-corrected chi connectivity index (χ3v) is 7.04. The van der Waals surface area contributed by atoms with Crippen molar-refractivity contribution in [3.8, 4) is 0 Å². The third-order valence-electron chi connectivity index (χ3n) is 7.04. The average molecular weight is 319 g/mol. The molecular formula is C22H25NO. The monoisotopic (exact) mass is 319 g/mol. The quantitative estimate of drug-likeness (QED) is 0.596. The van der Waals surface area contributed by atoms with Crippen LogP contribution in [0.25, 0.3) is 21.9 Å². The van der Waals surface area contributed by atoms with Gasteiger partial charge in [0, 0.05) is 28.3 Å². The third kappa shape index (κ3) is 1.81. The highest BCUT2D eigenvalue weighted by atomic mass is 16.3. The minimum Gasteiger partial charge on any atom is -0.456 e. The number of benzene rings is 2. The van der Waals surface area contributed by atoms with Crippen LogP contribution in [0.4, 0.5) is 0 Å². The molecule has 6 rings (SSSR count). The molecule has 3 heterocycles. The minimum atomic E-state index is 0.323. The van der Waals surface area contributed by atoms with E-state index in [1.807, 2.05) is 0 Å². The highest BCUT2D eigenvalue weighted by molar-refractivity contribution is 6.05. The maximum Gasteiger partial charge on any atom is 0.135 e. The summed E-state index contributed by atoms with van der Waals surface area (Å²) in [4.78, 5) is 2.61. The van der Waals surface area contributed by atoms with Crippen LogP contribution in [0.3, 0.4) is 0 Å². The van der Waals surface area contributed by atoms with Crippen molar-refractivity contribution in [3.05, 3.63) is 47.5 Å². The first kappa shape index (κ1) is 14.5. The Morgan fingerprint density at radius 1 is 0.958 bits per heavy atom. The van der Waals surface area contributed by atoms with Crippen LogP contribution in [0, 0.1) is 6.92 Å². The van der Waals surface area contributed by atoms with Crippen molar-refractivity contribution in [2.45, 2.75) is 50.5 Å². The molecule has 124 valence electrons. The molecule has 2 aliphatic heterocycles. The van der Waals surface area contributed by atoms with E-state index in [1.165, 1.54) is 48.6 Å². The van der Waals surface area contributed by atoms with E-state index in [0.29, 0.717) is 11.0 Å². The summed E-state index contributed by atoms with van der Waals surface area (Å²) in [5.74, 6) is 0. The van der Waals surface area contributed by atoms with Crippen LogP contribution in [0.2, 0.25) is 0 Å². The average Bonchev–Trinajstić information content (AvgIpc) is 2.93. The molecule has 0 atom stereocenters. The van der Waals surface area contributed by atoms with Gasteiger partial charge in [-0.1, -0.05) is 18.2 Å². The molecule has 1 saturated carbocycles. The van der Waals surface area contributed by atoms with Crippen molar-refractivity contribution in [2.24, 2.45) is 0 Å². The van der Waals surface area contributed by atoms with E-state index in [2.05, 4.69) is 62.2 Å². The van der Waals surface area contributed by atoms with Crippen molar-refractivity contribution in [1.82, 2.24) is 4.90 Å². The Balaban J connectivity index is 1.72. The van der Waals surface area contributed by atoms with Gasteiger partial charge < -0.3 is 9.32 Å². The maximum atomic E-state index is 6.08. The number of hydrogen-bond acceptors (Lipinski definition) is 2. The van der Waals surface area contributed by atoms with Crippen molar-refractivity contribution >= 4 is 21.9 Å². The SMILES string of the molecule is Cc1cc2oc3ccccc3c2cc1C12CCC(C)(CC1)N(C)C2. The van der Waals surface area contributed by atoms with Crippen LogP contribution in [0.5, 0.6) is 0 Å². The summed E-state index contributed by atoms with van der Waals surface area (Å²) in [7, 11) is 2.31. The number of nitrogens with zero attached hydrogens (tertiary/aromatic N) is 1. The van der Waals surface area contributed by atoms with Gasteiger partial charge in [0.05, 0.1) is 0 Å². The summed E-state index contributed by atoms with van der Waals surface area (Å²) in [6, 6.07) is 13.1. The van der Waals surface area contributed by atoms with Gasteiger partial charge in [-0.3, -0.25) is 0 Å². The molecule has 3 aromatic rings. The molecule has 0 spiro atoms. The summed E-state index contributed by atoms with van der Waals surface area (Å²) < 4.78 is 6.08. The minimum absolute atomic E-state index is 0.323. The van der Waals surface area contributed by atoms with E-state index in [9.17, 15) is 0 Å². The molecule has 0 radical (unpaired) electrons. The topological polar surface area (TPSA) is 16.4 Å². The zero-order valence-corrected chi connectivity index (χ0v) is 14.9. The van der Waals surface area contributed by atoms with E-state index in [-0.39, 0.29) is 0 Å². The van der Waals surface area contributed by atoms with Crippen LogP contribution in [0.15, 0.2) is 40.8 Å². The summed E-state index contributed by atoms with van der Waals surface area (Å²) >= 11 is 0. The Morgan fingerprint density at radius 2 is 1.71 bits per heavy atom. The fourth-order valence-electron chi connectivity index (χ4n) is 5.25. The lowest BCUT2D eigenvalue weighted by molar-refractivity contribution is -0.0223. The van der Waals surface area contributed by atoms with Gasteiger partial charge >= 0.3 is 0 Å². The largest absolute Gasteiger partial charge is 0.456 e. The fourth-order valence-corrected chi connectivity index (χ4v) is 5.25. The second kappa shape index (κ2) is 4.64. The highest BCUT2D eigenvalue weighted by Crippen LogP contribution is 2.52. The first-order valence-electron chi connectivity index (χ1n) is 9.15. The Morgan fingerprint density at radius 3 is 2.46 bits per heavy atom. The van der Waals surface area contributed by atoms with E-state index in [1.54, 1.807) is 5.56 Å². The van der Waals surface area contributed by atoms with E-state index in [0.717, 1.165) is 11.2 Å². The molecule has 1 aromatic heterocycles. The van der Waals surface area contributed by atoms with E-state index < -0.39 is 0 Å². The second-order valence-electron chi connectivity index (χ2n) is 8.39. The van der Waals surface area contributed by atoms with Crippen molar-refractivity contribution in [2.75, 3.05) is 13.6 Å². The Labute approximate surface area is 143 Å². The Bertz CT molecular complexity index is 943. The summed E-state index contributed by atoms with van der Waals surface area (Å²) in [5, 5.41) is 2.53. The molecule has 24 heavy (non-hydrogen) atoms. The zero-order valence-electron chi connectivity index (χ0n) is 14.9. The number of furan rings is 1. The highest BCUT2D eigenvalue weighted by Gasteiger charge is 2.50. The standard InChI is InChI=1S/C22H25NO/c1-15-12-20-17(16-6-4-5-7-19(16)24-20)13-18(15)22-10-8-21(2,9-11-22)23(3)14-22/h4-7,12-13H,8-11,14H2,1-3H3. The first-order chi connectivity index (χ1) is 11.5. The molecule has 0 amide bonds. The summed E-state index contributed by atoms with van der Waals surface area (Å²) in [6.45, 7) is 5.89. The smallest absolute Gasteiger partial charge is 0.135 e. The Kier molecular flexibility index (Phi) is 2.81. The number of fused-ring (bicyclic) bond motifs is 6. The summed E-state index contributed by atoms with van der Waals surface area (Å²) in [6.07, 6.45) is 5.26. The number of rotatable bonds is 1. The number of likely N-dealkylation sites (N-methyl/N-ethyl adjacent to an activating group) is 1. The number of para-hydroxylation sites is 1. The van der Waals surface area contributed by atoms with E-state index in [4.69, 9.17) is 4.42 Å². The molecule has 3 aliphatic rings. The molecule has 2 nitrogen and oxygen atoms in total. The molecule has 2 bridgehead atoms. The fraction of sp³-hybridized carbons (Fsp3) is 0.455. The first-order valence-corrected chi connectivity index (χ1v) is 9.15. The van der Waals surface area contributed by atoms with Gasteiger partial charge in [-0.2, -0.15) is 0 Å². The van der Waals surface area contributed by atoms with Gasteiger partial charge in [0.2, 0.25) is 0 Å².